The molecule has 2 aliphatic heterocycles. The van der Waals surface area contributed by atoms with Crippen LogP contribution in [-0.2, 0) is 4.79 Å². The van der Waals surface area contributed by atoms with Gasteiger partial charge in [0.1, 0.15) is 0 Å². The van der Waals surface area contributed by atoms with Gasteiger partial charge in [-0.15, -0.1) is 0 Å². The zero-order valence-corrected chi connectivity index (χ0v) is 21.2. The van der Waals surface area contributed by atoms with E-state index in [1.165, 1.54) is 0 Å². The Balaban J connectivity index is 1.11. The number of nitrogens with zero attached hydrogens (tertiary/aromatic N) is 6. The molecule has 1 aromatic carbocycles. The van der Waals surface area contributed by atoms with Gasteiger partial charge in [0.05, 0.1) is 29.9 Å². The lowest BCUT2D eigenvalue weighted by Gasteiger charge is -2.36. The van der Waals surface area contributed by atoms with Crippen LogP contribution >= 0.6 is 11.3 Å². The number of aliphatic hydroxyl groups is 1. The third kappa shape index (κ3) is 6.25. The minimum atomic E-state index is 0.192. The van der Waals surface area contributed by atoms with Crippen molar-refractivity contribution in [2.45, 2.75) is 18.8 Å². The first-order chi connectivity index (χ1) is 17.7. The minimum Gasteiger partial charge on any atom is -0.395 e. The second-order valence-corrected chi connectivity index (χ2v) is 10.4. The van der Waals surface area contributed by atoms with Crippen molar-refractivity contribution in [2.24, 2.45) is 0 Å². The monoisotopic (exact) mass is 507 g/mol. The molecule has 0 spiro atoms. The SMILES string of the molecule is O=C(CN1CCN(CCO)CC1)N1CCC(c2cncc(Nc3ncc(-c4ccccc4)s3)n2)CC1. The predicted molar refractivity (Wildman–Crippen MR) is 141 cm³/mol. The van der Waals surface area contributed by atoms with E-state index in [9.17, 15) is 4.79 Å². The molecule has 2 saturated heterocycles. The fourth-order valence-corrected chi connectivity index (χ4v) is 5.67. The van der Waals surface area contributed by atoms with Gasteiger partial charge in [-0.05, 0) is 18.4 Å². The Labute approximate surface area is 215 Å². The van der Waals surface area contributed by atoms with E-state index in [2.05, 4.69) is 37.2 Å². The van der Waals surface area contributed by atoms with Crippen LogP contribution in [-0.4, -0.2) is 99.6 Å². The van der Waals surface area contributed by atoms with Crippen molar-refractivity contribution in [1.29, 1.82) is 0 Å². The van der Waals surface area contributed by atoms with E-state index in [1.807, 2.05) is 35.5 Å². The molecule has 0 saturated carbocycles. The second-order valence-electron chi connectivity index (χ2n) is 9.35. The molecule has 10 heteroatoms. The van der Waals surface area contributed by atoms with Gasteiger partial charge in [0.2, 0.25) is 5.91 Å². The molecule has 9 nitrogen and oxygen atoms in total. The number of carbonyl (C=O) groups excluding carboxylic acids is 1. The van der Waals surface area contributed by atoms with Gasteiger partial charge in [-0.2, -0.15) is 0 Å². The van der Waals surface area contributed by atoms with Gasteiger partial charge in [0, 0.05) is 64.1 Å². The fraction of sp³-hybridized carbons (Fsp3) is 0.462. The number of β-amino-alcohol motifs (C(OH)–C–C–N with tert-alkyl or cyclic N) is 1. The maximum absolute atomic E-state index is 12.9. The summed E-state index contributed by atoms with van der Waals surface area (Å²) in [6, 6.07) is 10.2. The van der Waals surface area contributed by atoms with Crippen molar-refractivity contribution in [3.05, 3.63) is 54.6 Å². The van der Waals surface area contributed by atoms with Crippen LogP contribution in [0.1, 0.15) is 24.5 Å². The zero-order chi connectivity index (χ0) is 24.7. The first-order valence-corrected chi connectivity index (χ1v) is 13.4. The van der Waals surface area contributed by atoms with E-state index in [-0.39, 0.29) is 12.5 Å². The molecular formula is C26H33N7O2S. The quantitative estimate of drug-likeness (QED) is 0.480. The maximum atomic E-state index is 12.9. The standard InChI is InChI=1S/C26H33N7O2S/c34-15-14-31-10-12-32(13-11-31)19-25(35)33-8-6-20(7-9-33)22-16-27-18-24(29-22)30-26-28-17-23(36-26)21-4-2-1-3-5-21/h1-5,16-18,20,34H,6-15,19H2,(H,28,29,30). The molecule has 190 valence electrons. The number of carbonyl (C=O) groups is 1. The van der Waals surface area contributed by atoms with Crippen LogP contribution in [0.2, 0.25) is 0 Å². The number of hydrogen-bond acceptors (Lipinski definition) is 9. The van der Waals surface area contributed by atoms with E-state index < -0.39 is 0 Å². The average Bonchev–Trinajstić information content (AvgIpc) is 3.39. The zero-order valence-electron chi connectivity index (χ0n) is 20.4. The van der Waals surface area contributed by atoms with Crippen LogP contribution in [0.25, 0.3) is 10.4 Å². The highest BCUT2D eigenvalue weighted by molar-refractivity contribution is 7.18. The molecule has 4 heterocycles. The molecule has 2 N–H and O–H groups in total. The Morgan fingerprint density at radius 2 is 1.75 bits per heavy atom. The summed E-state index contributed by atoms with van der Waals surface area (Å²) in [4.78, 5) is 34.2. The minimum absolute atomic E-state index is 0.192. The van der Waals surface area contributed by atoms with E-state index in [0.29, 0.717) is 24.8 Å². The van der Waals surface area contributed by atoms with Crippen LogP contribution in [0.5, 0.6) is 0 Å². The normalized spacial score (nSPS) is 17.9. The Bertz CT molecular complexity index is 1130. The molecular weight excluding hydrogens is 474 g/mol. The number of aliphatic hydroxyl groups excluding tert-OH is 1. The highest BCUT2D eigenvalue weighted by Gasteiger charge is 2.27. The van der Waals surface area contributed by atoms with Gasteiger partial charge < -0.3 is 15.3 Å². The van der Waals surface area contributed by atoms with Gasteiger partial charge >= 0.3 is 0 Å². The number of aromatic nitrogens is 3. The number of piperazine rings is 1. The van der Waals surface area contributed by atoms with E-state index in [0.717, 1.165) is 73.4 Å². The van der Waals surface area contributed by atoms with Crippen LogP contribution in [0.3, 0.4) is 0 Å². The van der Waals surface area contributed by atoms with Crippen LogP contribution in [0, 0.1) is 0 Å². The number of rotatable bonds is 8. The molecule has 36 heavy (non-hydrogen) atoms. The number of nitrogens with one attached hydrogen (secondary N) is 1. The predicted octanol–water partition coefficient (Wildman–Crippen LogP) is 2.66. The summed E-state index contributed by atoms with van der Waals surface area (Å²) < 4.78 is 0. The molecule has 0 bridgehead atoms. The molecule has 0 aliphatic carbocycles. The summed E-state index contributed by atoms with van der Waals surface area (Å²) >= 11 is 1.59. The van der Waals surface area contributed by atoms with E-state index >= 15 is 0 Å². The molecule has 0 unspecified atom stereocenters. The van der Waals surface area contributed by atoms with Crippen molar-refractivity contribution < 1.29 is 9.90 Å². The van der Waals surface area contributed by atoms with Crippen molar-refractivity contribution >= 4 is 28.2 Å². The summed E-state index contributed by atoms with van der Waals surface area (Å²) in [7, 11) is 0. The number of hydrogen-bond donors (Lipinski definition) is 2. The number of piperidine rings is 1. The summed E-state index contributed by atoms with van der Waals surface area (Å²) in [6.07, 6.45) is 7.23. The highest BCUT2D eigenvalue weighted by atomic mass is 32.1. The summed E-state index contributed by atoms with van der Waals surface area (Å²) in [6.45, 7) is 6.47. The van der Waals surface area contributed by atoms with Crippen molar-refractivity contribution in [2.75, 3.05) is 64.3 Å². The molecule has 2 fully saturated rings. The Morgan fingerprint density at radius 3 is 2.50 bits per heavy atom. The van der Waals surface area contributed by atoms with Gasteiger partial charge in [0.15, 0.2) is 10.9 Å². The van der Waals surface area contributed by atoms with Crippen molar-refractivity contribution in [1.82, 2.24) is 29.7 Å². The largest absolute Gasteiger partial charge is 0.395 e. The van der Waals surface area contributed by atoms with Gasteiger partial charge in [-0.3, -0.25) is 19.6 Å². The van der Waals surface area contributed by atoms with Crippen LogP contribution < -0.4 is 5.32 Å². The molecule has 2 aromatic heterocycles. The smallest absolute Gasteiger partial charge is 0.236 e. The number of likely N-dealkylation sites (tertiary alicyclic amines) is 1. The van der Waals surface area contributed by atoms with E-state index in [1.54, 1.807) is 17.5 Å². The molecule has 0 atom stereocenters. The van der Waals surface area contributed by atoms with Gasteiger partial charge in [-0.25, -0.2) is 9.97 Å². The number of benzene rings is 1. The van der Waals surface area contributed by atoms with Gasteiger partial charge in [-0.1, -0.05) is 41.7 Å². The molecule has 2 aliphatic rings. The first-order valence-electron chi connectivity index (χ1n) is 12.6. The lowest BCUT2D eigenvalue weighted by Crippen LogP contribution is -2.51. The highest BCUT2D eigenvalue weighted by Crippen LogP contribution is 2.31. The molecule has 5 rings (SSSR count). The molecule has 0 radical (unpaired) electrons. The lowest BCUT2D eigenvalue weighted by molar-refractivity contribution is -0.134. The van der Waals surface area contributed by atoms with E-state index in [4.69, 9.17) is 10.1 Å². The Kier molecular flexibility index (Phi) is 8.17. The summed E-state index contributed by atoms with van der Waals surface area (Å²) in [5.74, 6) is 1.20. The Hall–Kier alpha value is -2.92. The lowest BCUT2D eigenvalue weighted by atomic mass is 9.93. The Morgan fingerprint density at radius 1 is 1.00 bits per heavy atom. The third-order valence-corrected chi connectivity index (χ3v) is 7.92. The second kappa shape index (κ2) is 11.9. The number of anilines is 2. The third-order valence-electron chi connectivity index (χ3n) is 6.96. The van der Waals surface area contributed by atoms with Gasteiger partial charge in [0.25, 0.3) is 0 Å². The maximum Gasteiger partial charge on any atom is 0.236 e. The fourth-order valence-electron chi connectivity index (χ4n) is 4.84. The average molecular weight is 508 g/mol. The first kappa shape index (κ1) is 24.8. The molecule has 1 amide bonds. The molecule has 3 aromatic rings. The topological polar surface area (TPSA) is 97.7 Å². The summed E-state index contributed by atoms with van der Waals surface area (Å²) in [5.41, 5.74) is 2.11. The number of thiazole rings is 1. The summed E-state index contributed by atoms with van der Waals surface area (Å²) in [5, 5.41) is 13.2. The number of amides is 1. The van der Waals surface area contributed by atoms with Crippen molar-refractivity contribution in [3.63, 3.8) is 0 Å². The van der Waals surface area contributed by atoms with Crippen LogP contribution in [0.15, 0.2) is 48.9 Å². The van der Waals surface area contributed by atoms with Crippen molar-refractivity contribution in [3.8, 4) is 10.4 Å². The van der Waals surface area contributed by atoms with Crippen LogP contribution in [0.4, 0.5) is 10.9 Å².